The normalized spacial score (nSPS) is 11.8. The zero-order valence-corrected chi connectivity index (χ0v) is 14.7. The van der Waals surface area contributed by atoms with Gasteiger partial charge in [-0.1, -0.05) is 53.5 Å². The molecule has 4 nitrogen and oxygen atoms in total. The molecule has 0 aromatic heterocycles. The van der Waals surface area contributed by atoms with Gasteiger partial charge >= 0.3 is 0 Å². The van der Waals surface area contributed by atoms with Crippen molar-refractivity contribution in [2.24, 2.45) is 0 Å². The highest BCUT2D eigenvalue weighted by molar-refractivity contribution is 6.35. The van der Waals surface area contributed by atoms with Crippen LogP contribution in [0, 0.1) is 11.3 Å². The Kier molecular flexibility index (Phi) is 6.62. The number of anilines is 1. The molecule has 1 N–H and O–H groups in total. The van der Waals surface area contributed by atoms with Gasteiger partial charge in [0, 0.05) is 28.7 Å². The summed E-state index contributed by atoms with van der Waals surface area (Å²) >= 11 is 12.0. The third-order valence-electron chi connectivity index (χ3n) is 3.51. The summed E-state index contributed by atoms with van der Waals surface area (Å²) < 4.78 is 0. The molecule has 0 fully saturated rings. The first-order valence-electron chi connectivity index (χ1n) is 7.40. The van der Waals surface area contributed by atoms with Crippen LogP contribution in [0.1, 0.15) is 18.0 Å². The fraction of sp³-hybridized carbons (Fsp3) is 0.222. The van der Waals surface area contributed by atoms with Crippen molar-refractivity contribution in [2.45, 2.75) is 12.5 Å². The molecule has 0 spiro atoms. The summed E-state index contributed by atoms with van der Waals surface area (Å²) in [4.78, 5) is 14.7. The van der Waals surface area contributed by atoms with Crippen LogP contribution in [-0.2, 0) is 4.79 Å². The average molecular weight is 362 g/mol. The molecular formula is C18H17Cl2N3O. The summed E-state index contributed by atoms with van der Waals surface area (Å²) in [6.07, 6.45) is 0.343. The Morgan fingerprint density at radius 2 is 1.83 bits per heavy atom. The van der Waals surface area contributed by atoms with E-state index in [1.165, 1.54) is 0 Å². The van der Waals surface area contributed by atoms with Crippen LogP contribution < -0.4 is 5.32 Å². The van der Waals surface area contributed by atoms with Gasteiger partial charge < -0.3 is 5.32 Å². The summed E-state index contributed by atoms with van der Waals surface area (Å²) in [6.45, 7) is 0.486. The van der Waals surface area contributed by atoms with Gasteiger partial charge in [0.15, 0.2) is 0 Å². The Morgan fingerprint density at radius 3 is 2.42 bits per heavy atom. The lowest BCUT2D eigenvalue weighted by atomic mass is 10.0. The number of halogens is 2. The van der Waals surface area contributed by atoms with Gasteiger partial charge in [-0.2, -0.15) is 5.26 Å². The predicted molar refractivity (Wildman–Crippen MR) is 97.1 cm³/mol. The van der Waals surface area contributed by atoms with Gasteiger partial charge in [-0.05, 0) is 30.8 Å². The van der Waals surface area contributed by atoms with E-state index in [0.717, 1.165) is 5.56 Å². The Morgan fingerprint density at radius 1 is 1.21 bits per heavy atom. The van der Waals surface area contributed by atoms with Crippen molar-refractivity contribution in [3.63, 3.8) is 0 Å². The molecule has 1 unspecified atom stereocenters. The standard InChI is InChI=1S/C18H17Cl2N3O/c1-23(9-5-8-21)17(13-6-3-2-4-7-13)18(24)22-16-11-14(19)10-15(20)12-16/h2-4,6-7,10-12,17H,5,9H2,1H3,(H,22,24). The minimum absolute atomic E-state index is 0.208. The molecule has 2 rings (SSSR count). The molecule has 1 atom stereocenters. The van der Waals surface area contributed by atoms with Crippen LogP contribution in [0.15, 0.2) is 48.5 Å². The molecule has 124 valence electrons. The monoisotopic (exact) mass is 361 g/mol. The Bertz CT molecular complexity index is 723. The number of rotatable bonds is 6. The van der Waals surface area contributed by atoms with Crippen molar-refractivity contribution in [3.05, 3.63) is 64.1 Å². The minimum Gasteiger partial charge on any atom is -0.324 e. The molecule has 2 aromatic rings. The van der Waals surface area contributed by atoms with Crippen LogP contribution in [0.2, 0.25) is 10.0 Å². The van der Waals surface area contributed by atoms with E-state index in [1.807, 2.05) is 42.3 Å². The number of benzene rings is 2. The lowest BCUT2D eigenvalue weighted by Crippen LogP contribution is -2.35. The minimum atomic E-state index is -0.516. The van der Waals surface area contributed by atoms with Crippen LogP contribution in [0.4, 0.5) is 5.69 Å². The number of nitrogens with one attached hydrogen (secondary N) is 1. The quantitative estimate of drug-likeness (QED) is 0.822. The molecule has 0 aliphatic rings. The van der Waals surface area contributed by atoms with Gasteiger partial charge in [-0.3, -0.25) is 9.69 Å². The number of likely N-dealkylation sites (N-methyl/N-ethyl adjacent to an activating group) is 1. The maximum Gasteiger partial charge on any atom is 0.246 e. The second-order valence-corrected chi connectivity index (χ2v) is 6.22. The largest absolute Gasteiger partial charge is 0.324 e. The van der Waals surface area contributed by atoms with E-state index in [2.05, 4.69) is 11.4 Å². The zero-order chi connectivity index (χ0) is 17.5. The van der Waals surface area contributed by atoms with Crippen LogP contribution in [0.5, 0.6) is 0 Å². The highest BCUT2D eigenvalue weighted by Gasteiger charge is 2.25. The lowest BCUT2D eigenvalue weighted by molar-refractivity contribution is -0.121. The number of amides is 1. The third kappa shape index (κ3) is 4.97. The van der Waals surface area contributed by atoms with Gasteiger partial charge in [0.05, 0.1) is 6.07 Å². The summed E-state index contributed by atoms with van der Waals surface area (Å²) in [5.74, 6) is -0.208. The SMILES string of the molecule is CN(CCC#N)C(C(=O)Nc1cc(Cl)cc(Cl)c1)c1ccccc1. The first-order chi connectivity index (χ1) is 11.5. The number of nitriles is 1. The number of carbonyl (C=O) groups is 1. The summed E-state index contributed by atoms with van der Waals surface area (Å²) in [5, 5.41) is 12.5. The highest BCUT2D eigenvalue weighted by atomic mass is 35.5. The summed E-state index contributed by atoms with van der Waals surface area (Å²) in [7, 11) is 1.82. The Balaban J connectivity index is 2.25. The van der Waals surface area contributed by atoms with E-state index in [-0.39, 0.29) is 5.91 Å². The number of carbonyl (C=O) groups excluding carboxylic acids is 1. The molecule has 0 bridgehead atoms. The van der Waals surface area contributed by atoms with Crippen molar-refractivity contribution in [2.75, 3.05) is 18.9 Å². The molecule has 1 amide bonds. The van der Waals surface area contributed by atoms with E-state index in [1.54, 1.807) is 18.2 Å². The topological polar surface area (TPSA) is 56.1 Å². The summed E-state index contributed by atoms with van der Waals surface area (Å²) in [6, 6.07) is 15.9. The van der Waals surface area contributed by atoms with E-state index in [4.69, 9.17) is 28.5 Å². The molecular weight excluding hydrogens is 345 g/mol. The van der Waals surface area contributed by atoms with Crippen LogP contribution in [0.25, 0.3) is 0 Å². The smallest absolute Gasteiger partial charge is 0.246 e. The molecule has 2 aromatic carbocycles. The maximum absolute atomic E-state index is 12.8. The molecule has 0 saturated heterocycles. The van der Waals surface area contributed by atoms with E-state index < -0.39 is 6.04 Å². The molecule has 0 aliphatic carbocycles. The first-order valence-corrected chi connectivity index (χ1v) is 8.16. The molecule has 0 aliphatic heterocycles. The van der Waals surface area contributed by atoms with E-state index >= 15 is 0 Å². The van der Waals surface area contributed by atoms with Crippen LogP contribution >= 0.6 is 23.2 Å². The van der Waals surface area contributed by atoms with Crippen LogP contribution in [0.3, 0.4) is 0 Å². The van der Waals surface area contributed by atoms with Crippen molar-refractivity contribution in [3.8, 4) is 6.07 Å². The number of nitrogens with zero attached hydrogens (tertiary/aromatic N) is 2. The van der Waals surface area contributed by atoms with Gasteiger partial charge in [0.2, 0.25) is 5.91 Å². The van der Waals surface area contributed by atoms with Crippen molar-refractivity contribution in [1.82, 2.24) is 4.90 Å². The number of hydrogen-bond donors (Lipinski definition) is 1. The first kappa shape index (κ1) is 18.3. The fourth-order valence-electron chi connectivity index (χ4n) is 2.43. The van der Waals surface area contributed by atoms with Crippen molar-refractivity contribution in [1.29, 1.82) is 5.26 Å². The lowest BCUT2D eigenvalue weighted by Gasteiger charge is -2.27. The van der Waals surface area contributed by atoms with Crippen molar-refractivity contribution < 1.29 is 4.79 Å². The molecule has 0 saturated carbocycles. The van der Waals surface area contributed by atoms with Gasteiger partial charge in [0.25, 0.3) is 0 Å². The third-order valence-corrected chi connectivity index (χ3v) is 3.95. The van der Waals surface area contributed by atoms with E-state index in [9.17, 15) is 4.79 Å². The van der Waals surface area contributed by atoms with Crippen molar-refractivity contribution >= 4 is 34.8 Å². The highest BCUT2D eigenvalue weighted by Crippen LogP contribution is 2.25. The second kappa shape index (κ2) is 8.70. The molecule has 0 radical (unpaired) electrons. The van der Waals surface area contributed by atoms with Gasteiger partial charge in [-0.15, -0.1) is 0 Å². The van der Waals surface area contributed by atoms with E-state index in [0.29, 0.717) is 28.7 Å². The fourth-order valence-corrected chi connectivity index (χ4v) is 2.96. The van der Waals surface area contributed by atoms with Crippen LogP contribution in [-0.4, -0.2) is 24.4 Å². The summed E-state index contributed by atoms with van der Waals surface area (Å²) in [5.41, 5.74) is 1.38. The molecule has 0 heterocycles. The zero-order valence-electron chi connectivity index (χ0n) is 13.2. The Labute approximate surface area is 151 Å². The second-order valence-electron chi connectivity index (χ2n) is 5.35. The predicted octanol–water partition coefficient (Wildman–Crippen LogP) is 4.52. The maximum atomic E-state index is 12.8. The van der Waals surface area contributed by atoms with Gasteiger partial charge in [0.1, 0.15) is 6.04 Å². The molecule has 6 heteroatoms. The number of hydrogen-bond acceptors (Lipinski definition) is 3. The Hall–Kier alpha value is -2.06. The van der Waals surface area contributed by atoms with Gasteiger partial charge in [-0.25, -0.2) is 0 Å². The molecule has 24 heavy (non-hydrogen) atoms. The average Bonchev–Trinajstić information content (AvgIpc) is 2.53.